The van der Waals surface area contributed by atoms with E-state index in [2.05, 4.69) is 26.0 Å². The van der Waals surface area contributed by atoms with Gasteiger partial charge in [-0.1, -0.05) is 180 Å². The highest BCUT2D eigenvalue weighted by molar-refractivity contribution is 7.45. The molecule has 0 N–H and O–H groups in total. The van der Waals surface area contributed by atoms with Gasteiger partial charge in [0.15, 0.2) is 0 Å². The van der Waals surface area contributed by atoms with Crippen LogP contribution in [0.5, 0.6) is 0 Å². The van der Waals surface area contributed by atoms with Gasteiger partial charge < -0.3 is 27.9 Å². The van der Waals surface area contributed by atoms with E-state index >= 15 is 0 Å². The molecule has 0 aliphatic carbocycles. The monoisotopic (exact) mass is 788 g/mol. The van der Waals surface area contributed by atoms with Crippen molar-refractivity contribution in [1.29, 1.82) is 0 Å². The van der Waals surface area contributed by atoms with Crippen molar-refractivity contribution < 1.29 is 37.3 Å². The number of quaternary nitrogens is 1. The van der Waals surface area contributed by atoms with Gasteiger partial charge in [0.25, 0.3) is 7.82 Å². The van der Waals surface area contributed by atoms with Crippen molar-refractivity contribution in [3.63, 3.8) is 0 Å². The molecule has 0 aliphatic rings. The van der Waals surface area contributed by atoms with Gasteiger partial charge in [0.1, 0.15) is 19.3 Å². The van der Waals surface area contributed by atoms with Crippen molar-refractivity contribution in [1.82, 2.24) is 0 Å². The first-order chi connectivity index (χ1) is 26.1. The van der Waals surface area contributed by atoms with Crippen molar-refractivity contribution in [3.05, 3.63) is 12.2 Å². The highest BCUT2D eigenvalue weighted by Gasteiger charge is 2.20. The lowest BCUT2D eigenvalue weighted by molar-refractivity contribution is -0.870. The summed E-state index contributed by atoms with van der Waals surface area (Å²) in [4.78, 5) is 25.1. The van der Waals surface area contributed by atoms with Gasteiger partial charge in [0.05, 0.1) is 34.4 Å². The van der Waals surface area contributed by atoms with Crippen molar-refractivity contribution in [3.8, 4) is 0 Å². The zero-order valence-electron chi connectivity index (χ0n) is 36.4. The number of hydrogen-bond acceptors (Lipinski definition) is 7. The minimum atomic E-state index is -4.52. The molecule has 9 heteroatoms. The summed E-state index contributed by atoms with van der Waals surface area (Å²) in [6.45, 7) is 5.43. The Morgan fingerprint density at radius 1 is 0.556 bits per heavy atom. The van der Waals surface area contributed by atoms with E-state index in [-0.39, 0.29) is 25.8 Å². The molecule has 54 heavy (non-hydrogen) atoms. The summed E-state index contributed by atoms with van der Waals surface area (Å²) in [5, 5.41) is 0. The number of phosphoric acid groups is 1. The maximum Gasteiger partial charge on any atom is 0.306 e. The van der Waals surface area contributed by atoms with Gasteiger partial charge in [-0.3, -0.25) is 9.36 Å². The number of hydrogen-bond donors (Lipinski definition) is 0. The molecule has 322 valence electrons. The van der Waals surface area contributed by atoms with E-state index in [0.29, 0.717) is 24.1 Å². The number of carbonyl (C=O) groups is 1. The van der Waals surface area contributed by atoms with Gasteiger partial charge in [0.2, 0.25) is 0 Å². The predicted octanol–water partition coefficient (Wildman–Crippen LogP) is 12.8. The molecule has 0 radical (unpaired) electrons. The first-order valence-electron chi connectivity index (χ1n) is 22.9. The molecule has 0 heterocycles. The van der Waals surface area contributed by atoms with Crippen LogP contribution < -0.4 is 4.89 Å². The van der Waals surface area contributed by atoms with E-state index in [1.807, 2.05) is 21.1 Å². The Hall–Kier alpha value is -0.760. The lowest BCUT2D eigenvalue weighted by atomic mass is 10.0. The van der Waals surface area contributed by atoms with Gasteiger partial charge in [0, 0.05) is 13.0 Å². The highest BCUT2D eigenvalue weighted by Crippen LogP contribution is 2.38. The molecule has 0 aromatic heterocycles. The highest BCUT2D eigenvalue weighted by atomic mass is 31.2. The molecule has 0 spiro atoms. The molecule has 0 amide bonds. The SMILES string of the molecule is CCCCCCCC/C=C\CCCCCCCCOCC(COP(=O)([O-])OCC[N+](C)(C)C)OC(=O)CCCCCCCCCCCCCCCCCC. The van der Waals surface area contributed by atoms with Crippen LogP contribution in [0.2, 0.25) is 0 Å². The number of phosphoric ester groups is 1. The third kappa shape index (κ3) is 42.4. The van der Waals surface area contributed by atoms with Crippen LogP contribution in [0.4, 0.5) is 0 Å². The van der Waals surface area contributed by atoms with Crippen LogP contribution in [-0.2, 0) is 27.9 Å². The minimum absolute atomic E-state index is 0.0282. The summed E-state index contributed by atoms with van der Waals surface area (Å²) >= 11 is 0. The number of likely N-dealkylation sites (N-methyl/N-ethyl adjacent to an activating group) is 1. The third-order valence-corrected chi connectivity index (χ3v) is 11.0. The number of esters is 1. The molecule has 0 aromatic rings. The number of carbonyl (C=O) groups excluding carboxylic acids is 1. The van der Waals surface area contributed by atoms with Crippen molar-refractivity contribution in [2.24, 2.45) is 0 Å². The fourth-order valence-electron chi connectivity index (χ4n) is 6.48. The Morgan fingerprint density at radius 3 is 1.41 bits per heavy atom. The Bertz CT molecular complexity index is 879. The molecule has 2 unspecified atom stereocenters. The smallest absolute Gasteiger partial charge is 0.306 e. The third-order valence-electron chi connectivity index (χ3n) is 10.1. The van der Waals surface area contributed by atoms with Crippen LogP contribution in [-0.4, -0.2) is 70.7 Å². The maximum atomic E-state index is 12.7. The topological polar surface area (TPSA) is 94.1 Å². The Morgan fingerprint density at radius 2 is 0.963 bits per heavy atom. The van der Waals surface area contributed by atoms with Crippen LogP contribution in [0.25, 0.3) is 0 Å². The van der Waals surface area contributed by atoms with E-state index in [9.17, 15) is 14.3 Å². The lowest BCUT2D eigenvalue weighted by Gasteiger charge is -2.28. The van der Waals surface area contributed by atoms with Gasteiger partial charge in [-0.05, 0) is 38.5 Å². The Labute approximate surface area is 335 Å². The molecular weight excluding hydrogens is 697 g/mol. The molecule has 2 atom stereocenters. The molecular formula is C45H90NO7P. The van der Waals surface area contributed by atoms with E-state index in [0.717, 1.165) is 32.1 Å². The number of nitrogens with zero attached hydrogens (tertiary/aromatic N) is 1. The van der Waals surface area contributed by atoms with Gasteiger partial charge in [-0.25, -0.2) is 0 Å². The van der Waals surface area contributed by atoms with Gasteiger partial charge >= 0.3 is 5.97 Å². The molecule has 0 bridgehead atoms. The molecule has 0 saturated heterocycles. The Kier molecular flexibility index (Phi) is 38.5. The number of unbranched alkanes of at least 4 members (excludes halogenated alkanes) is 27. The summed E-state index contributed by atoms with van der Waals surface area (Å²) < 4.78 is 34.6. The summed E-state index contributed by atoms with van der Waals surface area (Å²) in [5.74, 6) is -0.332. The number of rotatable bonds is 43. The summed E-state index contributed by atoms with van der Waals surface area (Å²) in [6.07, 6.45) is 42.2. The minimum Gasteiger partial charge on any atom is -0.756 e. The van der Waals surface area contributed by atoms with Crippen LogP contribution in [0, 0.1) is 0 Å². The summed E-state index contributed by atoms with van der Waals surface area (Å²) in [6, 6.07) is 0. The van der Waals surface area contributed by atoms with Crippen molar-refractivity contribution in [2.75, 3.05) is 54.1 Å². The maximum absolute atomic E-state index is 12.7. The quantitative estimate of drug-likeness (QED) is 0.0200. The first-order valence-corrected chi connectivity index (χ1v) is 24.4. The number of allylic oxidation sites excluding steroid dienone is 2. The van der Waals surface area contributed by atoms with E-state index in [1.54, 1.807) is 0 Å². The number of ether oxygens (including phenoxy) is 2. The van der Waals surface area contributed by atoms with E-state index in [4.69, 9.17) is 18.5 Å². The molecule has 8 nitrogen and oxygen atoms in total. The van der Waals surface area contributed by atoms with Crippen LogP contribution in [0.3, 0.4) is 0 Å². The fraction of sp³-hybridized carbons (Fsp3) is 0.933. The van der Waals surface area contributed by atoms with Gasteiger partial charge in [-0.15, -0.1) is 0 Å². The summed E-state index contributed by atoms with van der Waals surface area (Å²) in [7, 11) is 1.36. The molecule has 0 rings (SSSR count). The van der Waals surface area contributed by atoms with E-state index in [1.165, 1.54) is 161 Å². The average Bonchev–Trinajstić information content (AvgIpc) is 3.12. The van der Waals surface area contributed by atoms with Gasteiger partial charge in [-0.2, -0.15) is 0 Å². The molecule has 0 fully saturated rings. The standard InChI is InChI=1S/C45H90NO7P/c1-6-8-10-12-14-16-18-20-22-24-26-28-30-32-34-36-38-45(47)53-44(43-52-54(48,49)51-41-39-46(3,4)5)42-50-40-37-35-33-31-29-27-25-23-21-19-17-15-13-11-9-7-2/h21,23,44H,6-20,22,24-43H2,1-5H3/b23-21-. The zero-order valence-corrected chi connectivity index (χ0v) is 37.3. The normalized spacial score (nSPS) is 13.8. The lowest BCUT2D eigenvalue weighted by Crippen LogP contribution is -2.37. The van der Waals surface area contributed by atoms with Crippen molar-refractivity contribution in [2.45, 2.75) is 219 Å². The second-order valence-corrected chi connectivity index (χ2v) is 18.2. The van der Waals surface area contributed by atoms with E-state index < -0.39 is 13.9 Å². The van der Waals surface area contributed by atoms with Crippen LogP contribution >= 0.6 is 7.82 Å². The molecule has 0 saturated carbocycles. The largest absolute Gasteiger partial charge is 0.756 e. The average molecular weight is 788 g/mol. The van der Waals surface area contributed by atoms with Crippen molar-refractivity contribution >= 4 is 13.8 Å². The molecule has 0 aromatic carbocycles. The van der Waals surface area contributed by atoms with Crippen LogP contribution in [0.15, 0.2) is 12.2 Å². The predicted molar refractivity (Wildman–Crippen MR) is 227 cm³/mol. The first kappa shape index (κ1) is 53.2. The second-order valence-electron chi connectivity index (χ2n) is 16.8. The van der Waals surface area contributed by atoms with Crippen LogP contribution in [0.1, 0.15) is 213 Å². The summed E-state index contributed by atoms with van der Waals surface area (Å²) in [5.41, 5.74) is 0. The Balaban J connectivity index is 4.19. The fourth-order valence-corrected chi connectivity index (χ4v) is 7.21. The zero-order chi connectivity index (χ0) is 39.9. The molecule has 0 aliphatic heterocycles. The second kappa shape index (κ2) is 39.1.